The van der Waals surface area contributed by atoms with Gasteiger partial charge in [0.05, 0.1) is 11.9 Å². The summed E-state index contributed by atoms with van der Waals surface area (Å²) in [6, 6.07) is 6.85. The molecule has 0 aromatic heterocycles. The molecule has 0 saturated carbocycles. The van der Waals surface area contributed by atoms with E-state index in [9.17, 15) is 9.59 Å². The molecule has 0 unspecified atom stereocenters. The monoisotopic (exact) mass is 334 g/mol. The van der Waals surface area contributed by atoms with Crippen molar-refractivity contribution in [1.82, 2.24) is 0 Å². The van der Waals surface area contributed by atoms with Crippen LogP contribution >= 0.6 is 27.5 Å². The smallest absolute Gasteiger partial charge is 0.348 e. The van der Waals surface area contributed by atoms with E-state index in [2.05, 4.69) is 20.7 Å². The minimum Gasteiger partial charge on any atom is -0.466 e. The van der Waals surface area contributed by atoms with Crippen LogP contribution in [-0.4, -0.2) is 25.2 Å². The largest absolute Gasteiger partial charge is 0.466 e. The minimum atomic E-state index is -1.03. The van der Waals surface area contributed by atoms with Crippen molar-refractivity contribution < 1.29 is 19.1 Å². The summed E-state index contributed by atoms with van der Waals surface area (Å²) in [5.74, 6) is -1.18. The van der Waals surface area contributed by atoms with Crippen LogP contribution in [0.15, 0.2) is 24.3 Å². The van der Waals surface area contributed by atoms with Gasteiger partial charge in [-0.2, -0.15) is 0 Å². The van der Waals surface area contributed by atoms with Gasteiger partial charge >= 0.3 is 11.9 Å². The van der Waals surface area contributed by atoms with Gasteiger partial charge in [-0.05, 0) is 17.7 Å². The fraction of sp³-hybridized carbons (Fsp3) is 0.333. The average molecular weight is 336 g/mol. The van der Waals surface area contributed by atoms with Crippen LogP contribution in [0.2, 0.25) is 5.02 Å². The first-order valence-corrected chi connectivity index (χ1v) is 6.39. The van der Waals surface area contributed by atoms with Crippen molar-refractivity contribution in [2.24, 2.45) is 0 Å². The van der Waals surface area contributed by atoms with Crippen molar-refractivity contribution in [3.8, 4) is 0 Å². The molecule has 1 aromatic carbocycles. The van der Waals surface area contributed by atoms with E-state index in [1.807, 2.05) is 0 Å². The Bertz CT molecular complexity index is 432. The molecule has 18 heavy (non-hydrogen) atoms. The molecule has 1 rings (SSSR count). The van der Waals surface area contributed by atoms with E-state index in [1.165, 1.54) is 14.0 Å². The van der Waals surface area contributed by atoms with Crippen molar-refractivity contribution in [3.05, 3.63) is 34.9 Å². The molecule has 1 aromatic rings. The molecule has 98 valence electrons. The Labute approximate surface area is 118 Å². The Kier molecular flexibility index (Phi) is 5.62. The zero-order valence-electron chi connectivity index (χ0n) is 9.85. The quantitative estimate of drug-likeness (QED) is 0.627. The van der Waals surface area contributed by atoms with Gasteiger partial charge in [-0.25, -0.2) is 4.79 Å². The van der Waals surface area contributed by atoms with E-state index in [0.29, 0.717) is 5.02 Å². The molecule has 0 saturated heterocycles. The van der Waals surface area contributed by atoms with Crippen LogP contribution in [0.3, 0.4) is 0 Å². The first-order valence-electron chi connectivity index (χ1n) is 5.10. The number of hydrogen-bond acceptors (Lipinski definition) is 4. The summed E-state index contributed by atoms with van der Waals surface area (Å²) < 4.78 is 9.56. The number of rotatable bonds is 4. The van der Waals surface area contributed by atoms with E-state index < -0.39 is 22.9 Å². The molecule has 0 aliphatic rings. The van der Waals surface area contributed by atoms with Crippen LogP contribution in [0.25, 0.3) is 0 Å². The molecule has 0 heterocycles. The van der Waals surface area contributed by atoms with E-state index >= 15 is 0 Å². The number of ether oxygens (including phenoxy) is 2. The second-order valence-electron chi connectivity index (χ2n) is 3.51. The van der Waals surface area contributed by atoms with Gasteiger partial charge in [0.2, 0.25) is 6.10 Å². The van der Waals surface area contributed by atoms with Gasteiger partial charge in [0.15, 0.2) is 0 Å². The van der Waals surface area contributed by atoms with Crippen LogP contribution in [-0.2, 0) is 19.1 Å². The maximum Gasteiger partial charge on any atom is 0.348 e. The Morgan fingerprint density at radius 3 is 2.28 bits per heavy atom. The summed E-state index contributed by atoms with van der Waals surface area (Å²) in [5.41, 5.74) is 0.760. The summed E-state index contributed by atoms with van der Waals surface area (Å²) in [6.45, 7) is 1.23. The van der Waals surface area contributed by atoms with Crippen molar-refractivity contribution in [2.45, 2.75) is 17.9 Å². The number of carbonyl (C=O) groups excluding carboxylic acids is 2. The van der Waals surface area contributed by atoms with Crippen LogP contribution in [0.4, 0.5) is 0 Å². The highest BCUT2D eigenvalue weighted by Gasteiger charge is 2.31. The summed E-state index contributed by atoms with van der Waals surface area (Å²) in [6.07, 6.45) is -1.03. The highest BCUT2D eigenvalue weighted by Crippen LogP contribution is 2.30. The van der Waals surface area contributed by atoms with E-state index in [1.54, 1.807) is 24.3 Å². The minimum absolute atomic E-state index is 0.494. The molecule has 2 atom stereocenters. The average Bonchev–Trinajstić information content (AvgIpc) is 2.35. The summed E-state index contributed by atoms with van der Waals surface area (Å²) in [4.78, 5) is 22.1. The van der Waals surface area contributed by atoms with Gasteiger partial charge in [-0.15, -0.1) is 0 Å². The zero-order valence-corrected chi connectivity index (χ0v) is 12.2. The van der Waals surface area contributed by atoms with Gasteiger partial charge < -0.3 is 9.47 Å². The Hall–Kier alpha value is -1.07. The topological polar surface area (TPSA) is 52.6 Å². The molecule has 0 N–H and O–H groups in total. The second kappa shape index (κ2) is 6.75. The highest BCUT2D eigenvalue weighted by molar-refractivity contribution is 9.09. The number of benzene rings is 1. The molecule has 0 aliphatic heterocycles. The zero-order chi connectivity index (χ0) is 13.7. The van der Waals surface area contributed by atoms with Crippen molar-refractivity contribution in [3.63, 3.8) is 0 Å². The molecule has 0 amide bonds. The van der Waals surface area contributed by atoms with Gasteiger partial charge in [0, 0.05) is 11.9 Å². The molecule has 0 radical (unpaired) electrons. The Morgan fingerprint density at radius 2 is 1.83 bits per heavy atom. The molecule has 0 bridgehead atoms. The molecule has 6 heteroatoms. The lowest BCUT2D eigenvalue weighted by Crippen LogP contribution is -2.31. The number of alkyl halides is 1. The maximum atomic E-state index is 11.6. The summed E-state index contributed by atoms with van der Waals surface area (Å²) >= 11 is 9.10. The highest BCUT2D eigenvalue weighted by atomic mass is 79.9. The lowest BCUT2D eigenvalue weighted by Gasteiger charge is -2.20. The number of carbonyl (C=O) groups is 2. The fourth-order valence-electron chi connectivity index (χ4n) is 1.34. The first-order chi connectivity index (χ1) is 8.45. The fourth-order valence-corrected chi connectivity index (χ4v) is 2.10. The second-order valence-corrected chi connectivity index (χ2v) is 4.93. The molecule has 0 fully saturated rings. The van der Waals surface area contributed by atoms with Crippen LogP contribution < -0.4 is 0 Å². The molecular formula is C12H12BrClO4. The van der Waals surface area contributed by atoms with Gasteiger partial charge in [-0.3, -0.25) is 4.79 Å². The maximum absolute atomic E-state index is 11.6. The van der Waals surface area contributed by atoms with E-state index in [0.717, 1.165) is 5.56 Å². The van der Waals surface area contributed by atoms with Gasteiger partial charge in [-0.1, -0.05) is 39.7 Å². The van der Waals surface area contributed by atoms with E-state index in [4.69, 9.17) is 16.3 Å². The molecule has 0 aliphatic carbocycles. The standard InChI is InChI=1S/C12H12BrClO4/c1-7(15)18-11(12(16)17-2)10(13)8-3-5-9(14)6-4-8/h3-6,10-11H,1-2H3/t10-,11-/m0/s1. The van der Waals surface area contributed by atoms with Gasteiger partial charge in [0.25, 0.3) is 0 Å². The molecule has 0 spiro atoms. The predicted molar refractivity (Wildman–Crippen MR) is 70.7 cm³/mol. The lowest BCUT2D eigenvalue weighted by atomic mass is 10.1. The summed E-state index contributed by atoms with van der Waals surface area (Å²) in [7, 11) is 1.24. The number of halogens is 2. The molecular weight excluding hydrogens is 323 g/mol. The number of hydrogen-bond donors (Lipinski definition) is 0. The van der Waals surface area contributed by atoms with Gasteiger partial charge in [0.1, 0.15) is 0 Å². The van der Waals surface area contributed by atoms with Crippen molar-refractivity contribution >= 4 is 39.5 Å². The normalized spacial score (nSPS) is 13.6. The Morgan fingerprint density at radius 1 is 1.28 bits per heavy atom. The van der Waals surface area contributed by atoms with E-state index in [-0.39, 0.29) is 0 Å². The molecule has 4 nitrogen and oxygen atoms in total. The number of methoxy groups -OCH3 is 1. The Balaban J connectivity index is 2.94. The third kappa shape index (κ3) is 3.99. The SMILES string of the molecule is COC(=O)[C@@H](OC(C)=O)[C@@H](Br)c1ccc(Cl)cc1. The van der Waals surface area contributed by atoms with Crippen LogP contribution in [0.5, 0.6) is 0 Å². The third-order valence-electron chi connectivity index (χ3n) is 2.18. The third-order valence-corrected chi connectivity index (χ3v) is 3.44. The van der Waals surface area contributed by atoms with Crippen molar-refractivity contribution in [1.29, 1.82) is 0 Å². The summed E-state index contributed by atoms with van der Waals surface area (Å²) in [5, 5.41) is 0.584. The first kappa shape index (κ1) is 15.0. The predicted octanol–water partition coefficient (Wildman–Crippen LogP) is 2.88. The van der Waals surface area contributed by atoms with Crippen molar-refractivity contribution in [2.75, 3.05) is 7.11 Å². The van der Waals surface area contributed by atoms with Crippen LogP contribution in [0, 0.1) is 0 Å². The number of esters is 2. The van der Waals surface area contributed by atoms with Crippen LogP contribution in [0.1, 0.15) is 17.3 Å². The lowest BCUT2D eigenvalue weighted by molar-refractivity contribution is -0.164.